The molecule has 2 aromatic carbocycles. The van der Waals surface area contributed by atoms with E-state index < -0.39 is 0 Å². The molecule has 1 nitrogen and oxygen atoms in total. The zero-order chi connectivity index (χ0) is 13.6. The third kappa shape index (κ3) is 3.44. The molecule has 0 spiro atoms. The first kappa shape index (κ1) is 13.7. The molecule has 1 aliphatic rings. The minimum Gasteiger partial charge on any atom is -0.303 e. The molecule has 0 unspecified atom stereocenters. The Kier molecular flexibility index (Phi) is 4.77. The van der Waals surface area contributed by atoms with Gasteiger partial charge in [-0.25, -0.2) is 0 Å². The van der Waals surface area contributed by atoms with Crippen LogP contribution < -0.4 is 5.32 Å². The van der Waals surface area contributed by atoms with E-state index in [4.69, 9.17) is 0 Å². The fourth-order valence-corrected chi connectivity index (χ4v) is 3.88. The highest BCUT2D eigenvalue weighted by Crippen LogP contribution is 2.25. The van der Waals surface area contributed by atoms with Gasteiger partial charge in [0, 0.05) is 6.04 Å². The van der Waals surface area contributed by atoms with Crippen LogP contribution in [-0.2, 0) is 0 Å². The van der Waals surface area contributed by atoms with Crippen molar-refractivity contribution in [2.24, 2.45) is 0 Å². The van der Waals surface area contributed by atoms with E-state index >= 15 is 0 Å². The largest absolute Gasteiger partial charge is 0.303 e. The summed E-state index contributed by atoms with van der Waals surface area (Å²) in [4.78, 5) is 0. The molecule has 0 atom stereocenters. The molecule has 3 rings (SSSR count). The topological polar surface area (TPSA) is 12.0 Å². The Balaban J connectivity index is 1.83. The molecule has 1 fully saturated rings. The lowest BCUT2D eigenvalue weighted by atomic mass is 9.97. The van der Waals surface area contributed by atoms with Gasteiger partial charge in [0.05, 0.1) is 6.04 Å². The lowest BCUT2D eigenvalue weighted by Gasteiger charge is -2.29. The SMILES string of the molecule is c1ccc(C(NC2CCSCC2)c2ccccc2)cc1. The van der Waals surface area contributed by atoms with E-state index in [1.54, 1.807) is 0 Å². The van der Waals surface area contributed by atoms with Gasteiger partial charge >= 0.3 is 0 Å². The molecule has 0 aliphatic carbocycles. The normalized spacial score (nSPS) is 16.4. The van der Waals surface area contributed by atoms with Gasteiger partial charge in [0.15, 0.2) is 0 Å². The molecule has 0 radical (unpaired) electrons. The number of rotatable bonds is 4. The smallest absolute Gasteiger partial charge is 0.0578 e. The van der Waals surface area contributed by atoms with E-state index in [1.807, 2.05) is 0 Å². The summed E-state index contributed by atoms with van der Waals surface area (Å²) >= 11 is 2.08. The first-order valence-electron chi connectivity index (χ1n) is 7.37. The molecular formula is C18H21NS. The maximum atomic E-state index is 3.88. The van der Waals surface area contributed by atoms with Gasteiger partial charge in [0.25, 0.3) is 0 Å². The van der Waals surface area contributed by atoms with Crippen molar-refractivity contribution in [2.75, 3.05) is 11.5 Å². The highest BCUT2D eigenvalue weighted by Gasteiger charge is 2.20. The molecule has 2 aromatic rings. The Morgan fingerprint density at radius 2 is 1.30 bits per heavy atom. The second kappa shape index (κ2) is 6.96. The van der Waals surface area contributed by atoms with Gasteiger partial charge in [-0.3, -0.25) is 0 Å². The number of nitrogens with one attached hydrogen (secondary N) is 1. The van der Waals surface area contributed by atoms with E-state index in [0.29, 0.717) is 12.1 Å². The summed E-state index contributed by atoms with van der Waals surface area (Å²) in [6.45, 7) is 0. The van der Waals surface area contributed by atoms with E-state index in [2.05, 4.69) is 77.7 Å². The van der Waals surface area contributed by atoms with E-state index in [0.717, 1.165) is 0 Å². The van der Waals surface area contributed by atoms with Crippen molar-refractivity contribution in [3.63, 3.8) is 0 Å². The Labute approximate surface area is 125 Å². The Morgan fingerprint density at radius 1 is 0.800 bits per heavy atom. The van der Waals surface area contributed by atoms with Crippen LogP contribution in [0.3, 0.4) is 0 Å². The van der Waals surface area contributed by atoms with Crippen LogP contribution in [0.5, 0.6) is 0 Å². The van der Waals surface area contributed by atoms with Crippen LogP contribution in [0.1, 0.15) is 30.0 Å². The van der Waals surface area contributed by atoms with Crippen LogP contribution in [0.15, 0.2) is 60.7 Å². The predicted molar refractivity (Wildman–Crippen MR) is 88.2 cm³/mol. The average molecular weight is 283 g/mol. The van der Waals surface area contributed by atoms with Gasteiger partial charge in [-0.05, 0) is 35.5 Å². The summed E-state index contributed by atoms with van der Waals surface area (Å²) in [5.41, 5.74) is 2.72. The molecule has 1 saturated heterocycles. The summed E-state index contributed by atoms with van der Waals surface area (Å²) in [5.74, 6) is 2.57. The fraction of sp³-hybridized carbons (Fsp3) is 0.333. The summed E-state index contributed by atoms with van der Waals surface area (Å²) in [5, 5.41) is 3.88. The summed E-state index contributed by atoms with van der Waals surface area (Å²) in [7, 11) is 0. The van der Waals surface area contributed by atoms with Gasteiger partial charge in [0.1, 0.15) is 0 Å². The minimum atomic E-state index is 0.311. The molecular weight excluding hydrogens is 262 g/mol. The van der Waals surface area contributed by atoms with E-state index in [9.17, 15) is 0 Å². The van der Waals surface area contributed by atoms with E-state index in [-0.39, 0.29) is 0 Å². The van der Waals surface area contributed by atoms with Crippen molar-refractivity contribution in [3.05, 3.63) is 71.8 Å². The average Bonchev–Trinajstić information content (AvgIpc) is 2.55. The number of hydrogen-bond acceptors (Lipinski definition) is 2. The van der Waals surface area contributed by atoms with Crippen LogP contribution in [-0.4, -0.2) is 17.5 Å². The van der Waals surface area contributed by atoms with Crippen molar-refractivity contribution in [1.82, 2.24) is 5.32 Å². The molecule has 0 aromatic heterocycles. The quantitative estimate of drug-likeness (QED) is 0.899. The van der Waals surface area contributed by atoms with Gasteiger partial charge in [-0.15, -0.1) is 0 Å². The van der Waals surface area contributed by atoms with Crippen molar-refractivity contribution in [3.8, 4) is 0 Å². The molecule has 1 N–H and O–H groups in total. The van der Waals surface area contributed by atoms with Crippen molar-refractivity contribution in [1.29, 1.82) is 0 Å². The zero-order valence-electron chi connectivity index (χ0n) is 11.7. The fourth-order valence-electron chi connectivity index (χ4n) is 2.78. The third-order valence-corrected chi connectivity index (χ3v) is 4.94. The molecule has 20 heavy (non-hydrogen) atoms. The first-order chi connectivity index (χ1) is 9.93. The van der Waals surface area contributed by atoms with Gasteiger partial charge < -0.3 is 5.32 Å². The number of thioether (sulfide) groups is 1. The van der Waals surface area contributed by atoms with Crippen LogP contribution >= 0.6 is 11.8 Å². The molecule has 0 bridgehead atoms. The summed E-state index contributed by atoms with van der Waals surface area (Å²) in [6, 6.07) is 22.5. The molecule has 0 amide bonds. The zero-order valence-corrected chi connectivity index (χ0v) is 12.5. The highest BCUT2D eigenvalue weighted by molar-refractivity contribution is 7.99. The van der Waals surface area contributed by atoms with Gasteiger partial charge in [-0.2, -0.15) is 11.8 Å². The Bertz CT molecular complexity index is 466. The monoisotopic (exact) mass is 283 g/mol. The molecule has 0 saturated carbocycles. The number of benzene rings is 2. The maximum absolute atomic E-state index is 3.88. The molecule has 104 valence electrons. The second-order valence-electron chi connectivity index (χ2n) is 5.31. The third-order valence-electron chi connectivity index (χ3n) is 3.89. The lowest BCUT2D eigenvalue weighted by molar-refractivity contribution is 0.446. The molecule has 2 heteroatoms. The van der Waals surface area contributed by atoms with Crippen LogP contribution in [0.4, 0.5) is 0 Å². The Hall–Kier alpha value is -1.25. The van der Waals surface area contributed by atoms with Crippen molar-refractivity contribution in [2.45, 2.75) is 24.9 Å². The van der Waals surface area contributed by atoms with Gasteiger partial charge in [0.2, 0.25) is 0 Å². The lowest BCUT2D eigenvalue weighted by Crippen LogP contribution is -2.36. The summed E-state index contributed by atoms with van der Waals surface area (Å²) in [6.07, 6.45) is 2.56. The summed E-state index contributed by atoms with van der Waals surface area (Å²) < 4.78 is 0. The second-order valence-corrected chi connectivity index (χ2v) is 6.53. The van der Waals surface area contributed by atoms with Gasteiger partial charge in [-0.1, -0.05) is 60.7 Å². The molecule has 1 aliphatic heterocycles. The van der Waals surface area contributed by atoms with Crippen LogP contribution in [0.25, 0.3) is 0 Å². The van der Waals surface area contributed by atoms with Crippen molar-refractivity contribution < 1.29 is 0 Å². The predicted octanol–water partition coefficient (Wildman–Crippen LogP) is 4.26. The standard InChI is InChI=1S/C18H21NS/c1-3-7-15(8-4-1)18(16-9-5-2-6-10-16)19-17-11-13-20-14-12-17/h1-10,17-19H,11-14H2. The minimum absolute atomic E-state index is 0.311. The first-order valence-corrected chi connectivity index (χ1v) is 8.52. The Morgan fingerprint density at radius 3 is 1.80 bits per heavy atom. The van der Waals surface area contributed by atoms with Crippen LogP contribution in [0, 0.1) is 0 Å². The van der Waals surface area contributed by atoms with Crippen molar-refractivity contribution >= 4 is 11.8 Å². The van der Waals surface area contributed by atoms with E-state index in [1.165, 1.54) is 35.5 Å². The number of hydrogen-bond donors (Lipinski definition) is 1. The molecule has 1 heterocycles. The van der Waals surface area contributed by atoms with Crippen LogP contribution in [0.2, 0.25) is 0 Å². The maximum Gasteiger partial charge on any atom is 0.0578 e. The highest BCUT2D eigenvalue weighted by atomic mass is 32.2.